The first-order valence-electron chi connectivity index (χ1n) is 12.4. The average molecular weight is 471 g/mol. The molecule has 3 aromatic heterocycles. The van der Waals surface area contributed by atoms with Crippen LogP contribution in [0.3, 0.4) is 0 Å². The van der Waals surface area contributed by atoms with Gasteiger partial charge in [-0.05, 0) is 49.3 Å². The smallest absolute Gasteiger partial charge is 0.230 e. The van der Waals surface area contributed by atoms with E-state index >= 15 is 0 Å². The van der Waals surface area contributed by atoms with Gasteiger partial charge in [0.05, 0.1) is 17.8 Å². The Bertz CT molecular complexity index is 1420. The van der Waals surface area contributed by atoms with Crippen LogP contribution in [0.2, 0.25) is 0 Å². The van der Waals surface area contributed by atoms with E-state index in [0.717, 1.165) is 35.4 Å². The van der Waals surface area contributed by atoms with Gasteiger partial charge in [-0.1, -0.05) is 31.2 Å². The molecular formula is C27H30N6O2. The Morgan fingerprint density at radius 2 is 1.86 bits per heavy atom. The summed E-state index contributed by atoms with van der Waals surface area (Å²) in [5, 5.41) is 16.1. The van der Waals surface area contributed by atoms with Crippen LogP contribution >= 0.6 is 0 Å². The Morgan fingerprint density at radius 1 is 1.06 bits per heavy atom. The number of nitrogens with one attached hydrogen (secondary N) is 1. The average Bonchev–Trinajstić information content (AvgIpc) is 3.18. The van der Waals surface area contributed by atoms with Crippen molar-refractivity contribution in [2.45, 2.75) is 58.2 Å². The molecule has 1 amide bonds. The summed E-state index contributed by atoms with van der Waals surface area (Å²) in [5.74, 6) is 1.78. The zero-order valence-electron chi connectivity index (χ0n) is 20.1. The van der Waals surface area contributed by atoms with Crippen molar-refractivity contribution >= 4 is 39.6 Å². The third-order valence-corrected chi connectivity index (χ3v) is 7.57. The maximum Gasteiger partial charge on any atom is 0.230 e. The minimum Gasteiger partial charge on any atom is -0.385 e. The largest absolute Gasteiger partial charge is 0.385 e. The molecule has 0 bridgehead atoms. The highest BCUT2D eigenvalue weighted by Gasteiger charge is 2.27. The number of para-hydroxylation sites is 1. The van der Waals surface area contributed by atoms with Crippen LogP contribution in [0.4, 0.5) is 11.8 Å². The number of aliphatic hydroxyl groups excluding tert-OH is 1. The number of nitrogens with zero attached hydrogens (tertiary/aromatic N) is 5. The molecule has 1 aromatic carbocycles. The number of benzene rings is 1. The number of β-amino-alcohol motifs (C(OH)–C–C–N with tert-alkyl or cyclic N) is 1. The van der Waals surface area contributed by atoms with Gasteiger partial charge < -0.3 is 19.9 Å². The number of hydrogen-bond donors (Lipinski definition) is 2. The number of pyridine rings is 1. The molecule has 6 rings (SSSR count). The van der Waals surface area contributed by atoms with E-state index in [0.29, 0.717) is 30.0 Å². The van der Waals surface area contributed by atoms with E-state index in [2.05, 4.69) is 51.0 Å². The van der Waals surface area contributed by atoms with Crippen molar-refractivity contribution in [2.24, 2.45) is 5.92 Å². The first-order valence-corrected chi connectivity index (χ1v) is 12.4. The van der Waals surface area contributed by atoms with Crippen molar-refractivity contribution in [2.75, 3.05) is 11.9 Å². The maximum atomic E-state index is 11.8. The Balaban J connectivity index is 1.36. The highest BCUT2D eigenvalue weighted by molar-refractivity contribution is 6.06. The quantitative estimate of drug-likeness (QED) is 0.443. The molecule has 4 heterocycles. The number of aliphatic hydroxyl groups is 1. The third-order valence-electron chi connectivity index (χ3n) is 7.57. The summed E-state index contributed by atoms with van der Waals surface area (Å²) in [4.78, 5) is 27.6. The molecule has 1 aliphatic heterocycles. The first-order chi connectivity index (χ1) is 17.0. The lowest BCUT2D eigenvalue weighted by Crippen LogP contribution is -2.37. The monoisotopic (exact) mass is 470 g/mol. The van der Waals surface area contributed by atoms with Crippen LogP contribution in [0.5, 0.6) is 0 Å². The molecule has 35 heavy (non-hydrogen) atoms. The Labute approximate surface area is 204 Å². The summed E-state index contributed by atoms with van der Waals surface area (Å²) in [5.41, 5.74) is 3.60. The van der Waals surface area contributed by atoms with Gasteiger partial charge in [0.2, 0.25) is 11.9 Å². The van der Waals surface area contributed by atoms with Crippen molar-refractivity contribution < 1.29 is 9.90 Å². The molecule has 2 N–H and O–H groups in total. The van der Waals surface area contributed by atoms with Crippen molar-refractivity contribution in [1.29, 1.82) is 0 Å². The van der Waals surface area contributed by atoms with Crippen LogP contribution in [-0.4, -0.2) is 42.0 Å². The van der Waals surface area contributed by atoms with Crippen LogP contribution in [0.1, 0.15) is 62.9 Å². The Morgan fingerprint density at radius 3 is 2.66 bits per heavy atom. The third kappa shape index (κ3) is 3.91. The molecule has 1 aliphatic carbocycles. The van der Waals surface area contributed by atoms with Gasteiger partial charge in [-0.15, -0.1) is 0 Å². The lowest BCUT2D eigenvalue weighted by molar-refractivity contribution is -0.131. The molecule has 1 saturated carbocycles. The second kappa shape index (κ2) is 8.61. The summed E-state index contributed by atoms with van der Waals surface area (Å²) >= 11 is 0. The molecule has 4 aromatic rings. The highest BCUT2D eigenvalue weighted by Crippen LogP contribution is 2.38. The lowest BCUT2D eigenvalue weighted by atomic mass is 9.87. The number of fused-ring (bicyclic) bond motifs is 4. The van der Waals surface area contributed by atoms with E-state index in [-0.39, 0.29) is 12.5 Å². The van der Waals surface area contributed by atoms with Gasteiger partial charge >= 0.3 is 0 Å². The molecule has 8 heteroatoms. The number of carbonyl (C=O) groups excluding carboxylic acids is 1. The Kier molecular flexibility index (Phi) is 5.40. The van der Waals surface area contributed by atoms with Crippen LogP contribution in [0, 0.1) is 5.92 Å². The second-order valence-electron chi connectivity index (χ2n) is 10.0. The fourth-order valence-corrected chi connectivity index (χ4v) is 5.62. The van der Waals surface area contributed by atoms with Gasteiger partial charge in [0, 0.05) is 36.5 Å². The number of hydrogen-bond acceptors (Lipinski definition) is 6. The predicted octanol–water partition coefficient (Wildman–Crippen LogP) is 4.87. The molecule has 0 spiro atoms. The van der Waals surface area contributed by atoms with Crippen molar-refractivity contribution in [1.82, 2.24) is 24.4 Å². The molecule has 180 valence electrons. The molecular weight excluding hydrogens is 440 g/mol. The van der Waals surface area contributed by atoms with Crippen LogP contribution in [0.15, 0.2) is 42.6 Å². The van der Waals surface area contributed by atoms with Gasteiger partial charge in [-0.25, -0.2) is 9.97 Å². The first kappa shape index (κ1) is 22.0. The number of amides is 1. The van der Waals surface area contributed by atoms with Crippen molar-refractivity contribution in [3.8, 4) is 0 Å². The van der Waals surface area contributed by atoms with E-state index in [1.165, 1.54) is 30.7 Å². The minimum absolute atomic E-state index is 0.0542. The molecule has 0 saturated heterocycles. The fraction of sp³-hybridized carbons (Fsp3) is 0.407. The molecule has 0 unspecified atom stereocenters. The zero-order valence-corrected chi connectivity index (χ0v) is 20.1. The van der Waals surface area contributed by atoms with Gasteiger partial charge in [-0.3, -0.25) is 4.79 Å². The van der Waals surface area contributed by atoms with E-state index in [4.69, 9.17) is 4.98 Å². The predicted molar refractivity (Wildman–Crippen MR) is 135 cm³/mol. The topological polar surface area (TPSA) is 96.2 Å². The maximum absolute atomic E-state index is 11.8. The number of carbonyl (C=O) groups is 1. The van der Waals surface area contributed by atoms with E-state index in [1.54, 1.807) is 4.90 Å². The number of rotatable bonds is 3. The van der Waals surface area contributed by atoms with E-state index < -0.39 is 6.10 Å². The molecule has 0 radical (unpaired) electrons. The highest BCUT2D eigenvalue weighted by atomic mass is 16.3. The summed E-state index contributed by atoms with van der Waals surface area (Å²) in [6, 6.07) is 12.7. The van der Waals surface area contributed by atoms with Gasteiger partial charge in [-0.2, -0.15) is 4.98 Å². The number of aromatic nitrogens is 4. The van der Waals surface area contributed by atoms with Gasteiger partial charge in [0.1, 0.15) is 17.6 Å². The Hall–Kier alpha value is -3.52. The SMILES string of the molecule is CC(=O)N1Cc2ccc(Nc3ncc4c5ccccc5n([C@H]5CC[C@H](C)CC5)c4n3)nc2[C@@H](O)C1. The molecule has 1 fully saturated rings. The molecule has 2 aliphatic rings. The summed E-state index contributed by atoms with van der Waals surface area (Å²) in [7, 11) is 0. The van der Waals surface area contributed by atoms with Crippen LogP contribution in [0.25, 0.3) is 21.9 Å². The van der Waals surface area contributed by atoms with Crippen LogP contribution < -0.4 is 5.32 Å². The van der Waals surface area contributed by atoms with Crippen molar-refractivity contribution in [3.63, 3.8) is 0 Å². The van der Waals surface area contributed by atoms with Gasteiger partial charge in [0.15, 0.2) is 0 Å². The summed E-state index contributed by atoms with van der Waals surface area (Å²) in [6.07, 6.45) is 5.86. The molecule has 8 nitrogen and oxygen atoms in total. The minimum atomic E-state index is -0.816. The fourth-order valence-electron chi connectivity index (χ4n) is 5.62. The standard InChI is InChI=1S/C27H30N6O2/c1-16-7-10-19(11-8-16)33-22-6-4-3-5-20(22)21-13-28-27(31-26(21)33)30-24-12-9-18-14-32(17(2)34)15-23(35)25(18)29-24/h3-6,9,12-13,16,19,23,35H,7-8,10-11,14-15H2,1-2H3,(H,28,29,30,31)/t16-,19-,23-/m0/s1. The van der Waals surface area contributed by atoms with Crippen LogP contribution in [-0.2, 0) is 11.3 Å². The zero-order chi connectivity index (χ0) is 24.1. The summed E-state index contributed by atoms with van der Waals surface area (Å²) < 4.78 is 2.41. The normalized spacial score (nSPS) is 22.4. The lowest BCUT2D eigenvalue weighted by Gasteiger charge is -2.30. The van der Waals surface area contributed by atoms with Gasteiger partial charge in [0.25, 0.3) is 0 Å². The molecule has 1 atom stereocenters. The second-order valence-corrected chi connectivity index (χ2v) is 10.0. The summed E-state index contributed by atoms with van der Waals surface area (Å²) in [6.45, 7) is 4.56. The van der Waals surface area contributed by atoms with E-state index in [9.17, 15) is 9.90 Å². The number of anilines is 2. The van der Waals surface area contributed by atoms with Crippen molar-refractivity contribution in [3.05, 3.63) is 53.9 Å². The van der Waals surface area contributed by atoms with E-state index in [1.807, 2.05) is 18.3 Å².